The van der Waals surface area contributed by atoms with Gasteiger partial charge in [-0.3, -0.25) is 0 Å². The number of anilines is 1. The molecule has 0 atom stereocenters. The minimum absolute atomic E-state index is 0.259. The molecule has 1 rings (SSSR count). The Morgan fingerprint density at radius 2 is 1.72 bits per heavy atom. The average Bonchev–Trinajstić information content (AvgIpc) is 2.25. The molecule has 0 aromatic heterocycles. The maximum atomic E-state index is 5.68. The van der Waals surface area contributed by atoms with Gasteiger partial charge in [0, 0.05) is 19.3 Å². The fourth-order valence-electron chi connectivity index (χ4n) is 2.55. The van der Waals surface area contributed by atoms with Gasteiger partial charge in [0.1, 0.15) is 0 Å². The monoisotopic (exact) mass is 248 g/mol. The highest BCUT2D eigenvalue weighted by Gasteiger charge is 2.20. The van der Waals surface area contributed by atoms with Gasteiger partial charge in [-0.15, -0.1) is 0 Å². The van der Waals surface area contributed by atoms with Gasteiger partial charge in [0.05, 0.1) is 0 Å². The highest BCUT2D eigenvalue weighted by atomic mass is 15.1. The molecule has 0 amide bonds. The van der Waals surface area contributed by atoms with Crippen molar-refractivity contribution >= 4 is 5.69 Å². The largest absolute Gasteiger partial charge is 0.374 e. The molecule has 0 spiro atoms. The molecule has 0 unspecified atom stereocenters. The fourth-order valence-corrected chi connectivity index (χ4v) is 2.55. The second-order valence-electron chi connectivity index (χ2n) is 6.21. The summed E-state index contributed by atoms with van der Waals surface area (Å²) in [5, 5.41) is 0. The molecule has 0 fully saturated rings. The van der Waals surface area contributed by atoms with Crippen LogP contribution in [0.3, 0.4) is 0 Å². The molecule has 18 heavy (non-hydrogen) atoms. The molecule has 2 heteroatoms. The molecule has 1 aromatic carbocycles. The summed E-state index contributed by atoms with van der Waals surface area (Å²) in [5.74, 6) is 0. The van der Waals surface area contributed by atoms with Crippen LogP contribution in [0.15, 0.2) is 12.1 Å². The van der Waals surface area contributed by atoms with Crippen LogP contribution in [0.2, 0.25) is 0 Å². The standard InChI is InChI=1S/C16H28N2/c1-12-7-8-15(14(3)13(12)2)18(6)11-16(4,5)9-10-17/h7-8H,9-11,17H2,1-6H3. The van der Waals surface area contributed by atoms with Gasteiger partial charge in [0.15, 0.2) is 0 Å². The van der Waals surface area contributed by atoms with Gasteiger partial charge in [0.2, 0.25) is 0 Å². The molecule has 0 bridgehead atoms. The molecule has 0 heterocycles. The summed E-state index contributed by atoms with van der Waals surface area (Å²) in [7, 11) is 2.18. The van der Waals surface area contributed by atoms with E-state index in [-0.39, 0.29) is 5.41 Å². The van der Waals surface area contributed by atoms with Crippen LogP contribution in [0.1, 0.15) is 37.0 Å². The van der Waals surface area contributed by atoms with Gasteiger partial charge in [-0.2, -0.15) is 0 Å². The molecule has 0 saturated carbocycles. The fraction of sp³-hybridized carbons (Fsp3) is 0.625. The Labute approximate surface area is 112 Å². The summed E-state index contributed by atoms with van der Waals surface area (Å²) >= 11 is 0. The molecule has 0 aliphatic carbocycles. The molecule has 0 radical (unpaired) electrons. The summed E-state index contributed by atoms with van der Waals surface area (Å²) in [5.41, 5.74) is 11.4. The van der Waals surface area contributed by atoms with Crippen LogP contribution in [-0.2, 0) is 0 Å². The van der Waals surface area contributed by atoms with E-state index in [2.05, 4.69) is 58.7 Å². The summed E-state index contributed by atoms with van der Waals surface area (Å²) < 4.78 is 0. The highest BCUT2D eigenvalue weighted by molar-refractivity contribution is 5.57. The minimum atomic E-state index is 0.259. The van der Waals surface area contributed by atoms with Gasteiger partial charge in [-0.05, 0) is 61.9 Å². The van der Waals surface area contributed by atoms with Crippen LogP contribution < -0.4 is 10.6 Å². The van der Waals surface area contributed by atoms with E-state index in [1.807, 2.05) is 0 Å². The van der Waals surface area contributed by atoms with Gasteiger partial charge < -0.3 is 10.6 Å². The van der Waals surface area contributed by atoms with Crippen LogP contribution in [0, 0.1) is 26.2 Å². The Kier molecular flexibility index (Phi) is 4.80. The molecule has 2 N–H and O–H groups in total. The number of nitrogens with zero attached hydrogens (tertiary/aromatic N) is 1. The molecule has 102 valence electrons. The van der Waals surface area contributed by atoms with Gasteiger partial charge in [-0.25, -0.2) is 0 Å². The molecular weight excluding hydrogens is 220 g/mol. The molecule has 1 aromatic rings. The van der Waals surface area contributed by atoms with Gasteiger partial charge in [-0.1, -0.05) is 19.9 Å². The highest BCUT2D eigenvalue weighted by Crippen LogP contribution is 2.28. The van der Waals surface area contributed by atoms with E-state index in [1.165, 1.54) is 22.4 Å². The lowest BCUT2D eigenvalue weighted by molar-refractivity contribution is 0.347. The van der Waals surface area contributed by atoms with Crippen LogP contribution in [0.4, 0.5) is 5.69 Å². The van der Waals surface area contributed by atoms with Crippen molar-refractivity contribution < 1.29 is 0 Å². The molecule has 0 aliphatic heterocycles. The first-order valence-electron chi connectivity index (χ1n) is 6.76. The first kappa shape index (κ1) is 15.0. The van der Waals surface area contributed by atoms with Crippen LogP contribution in [0.25, 0.3) is 0 Å². The summed E-state index contributed by atoms with van der Waals surface area (Å²) in [4.78, 5) is 2.36. The van der Waals surface area contributed by atoms with Crippen molar-refractivity contribution in [2.24, 2.45) is 11.1 Å². The Balaban J connectivity index is 2.91. The van der Waals surface area contributed by atoms with Crippen molar-refractivity contribution in [1.82, 2.24) is 0 Å². The van der Waals surface area contributed by atoms with Crippen LogP contribution in [-0.4, -0.2) is 20.1 Å². The zero-order valence-electron chi connectivity index (χ0n) is 12.8. The van der Waals surface area contributed by atoms with Gasteiger partial charge >= 0.3 is 0 Å². The van der Waals surface area contributed by atoms with E-state index < -0.39 is 0 Å². The van der Waals surface area contributed by atoms with E-state index in [0.29, 0.717) is 0 Å². The van der Waals surface area contributed by atoms with Crippen molar-refractivity contribution in [2.75, 3.05) is 25.0 Å². The van der Waals surface area contributed by atoms with Crippen LogP contribution >= 0.6 is 0 Å². The smallest absolute Gasteiger partial charge is 0.0396 e. The maximum Gasteiger partial charge on any atom is 0.0396 e. The summed E-state index contributed by atoms with van der Waals surface area (Å²) in [6.45, 7) is 12.9. The van der Waals surface area contributed by atoms with E-state index >= 15 is 0 Å². The Morgan fingerprint density at radius 1 is 1.11 bits per heavy atom. The topological polar surface area (TPSA) is 29.3 Å². The van der Waals surface area contributed by atoms with Crippen molar-refractivity contribution in [3.63, 3.8) is 0 Å². The molecule has 0 saturated heterocycles. The van der Waals surface area contributed by atoms with E-state index in [1.54, 1.807) is 0 Å². The lowest BCUT2D eigenvalue weighted by Gasteiger charge is -2.32. The second-order valence-corrected chi connectivity index (χ2v) is 6.21. The first-order chi connectivity index (χ1) is 8.28. The Hall–Kier alpha value is -1.02. The number of benzene rings is 1. The number of hydrogen-bond donors (Lipinski definition) is 1. The molecule has 0 aliphatic rings. The zero-order valence-corrected chi connectivity index (χ0v) is 12.8. The number of nitrogens with two attached hydrogens (primary N) is 1. The van der Waals surface area contributed by atoms with Crippen molar-refractivity contribution in [1.29, 1.82) is 0 Å². The van der Waals surface area contributed by atoms with E-state index in [9.17, 15) is 0 Å². The maximum absolute atomic E-state index is 5.68. The molecular formula is C16H28N2. The normalized spacial score (nSPS) is 11.7. The molecule has 2 nitrogen and oxygen atoms in total. The predicted octanol–water partition coefficient (Wildman–Crippen LogP) is 3.42. The van der Waals surface area contributed by atoms with Crippen molar-refractivity contribution in [2.45, 2.75) is 41.0 Å². The summed E-state index contributed by atoms with van der Waals surface area (Å²) in [6, 6.07) is 4.44. The van der Waals surface area contributed by atoms with Crippen LogP contribution in [0.5, 0.6) is 0 Å². The quantitative estimate of drug-likeness (QED) is 0.865. The van der Waals surface area contributed by atoms with Crippen molar-refractivity contribution in [3.05, 3.63) is 28.8 Å². The van der Waals surface area contributed by atoms with E-state index in [4.69, 9.17) is 5.73 Å². The van der Waals surface area contributed by atoms with Crippen molar-refractivity contribution in [3.8, 4) is 0 Å². The third-order valence-electron chi connectivity index (χ3n) is 3.93. The minimum Gasteiger partial charge on any atom is -0.374 e. The summed E-state index contributed by atoms with van der Waals surface area (Å²) in [6.07, 6.45) is 1.06. The number of aryl methyl sites for hydroxylation is 1. The Morgan fingerprint density at radius 3 is 2.28 bits per heavy atom. The SMILES string of the molecule is Cc1ccc(N(C)CC(C)(C)CCN)c(C)c1C. The average molecular weight is 248 g/mol. The Bertz CT molecular complexity index is 408. The zero-order chi connectivity index (χ0) is 13.9. The third-order valence-corrected chi connectivity index (χ3v) is 3.93. The lowest BCUT2D eigenvalue weighted by Crippen LogP contribution is -2.33. The number of hydrogen-bond acceptors (Lipinski definition) is 2. The lowest BCUT2D eigenvalue weighted by atomic mass is 9.88. The van der Waals surface area contributed by atoms with E-state index in [0.717, 1.165) is 19.5 Å². The second kappa shape index (κ2) is 5.75. The number of rotatable bonds is 5. The predicted molar refractivity (Wildman–Crippen MR) is 81.4 cm³/mol. The first-order valence-corrected chi connectivity index (χ1v) is 6.76. The van der Waals surface area contributed by atoms with Gasteiger partial charge in [0.25, 0.3) is 0 Å². The third kappa shape index (κ3) is 3.49.